The van der Waals surface area contributed by atoms with Crippen molar-refractivity contribution in [2.24, 2.45) is 0 Å². The van der Waals surface area contributed by atoms with Crippen molar-refractivity contribution in [2.45, 2.75) is 270 Å². The molecule has 0 aromatic rings. The molecule has 0 spiro atoms. The number of allylic oxidation sites excluding steroid dienone is 15. The third-order valence-electron chi connectivity index (χ3n) is 13.3. The second kappa shape index (κ2) is 55.2. The van der Waals surface area contributed by atoms with Crippen molar-refractivity contribution in [3.05, 3.63) is 97.2 Å². The molecule has 0 saturated carbocycles. The summed E-state index contributed by atoms with van der Waals surface area (Å²) in [6, 6.07) is -0.913. The van der Waals surface area contributed by atoms with Crippen LogP contribution in [0.1, 0.15) is 258 Å². The molecule has 0 aromatic heterocycles. The average molecular weight is 1050 g/mol. The van der Waals surface area contributed by atoms with Crippen LogP contribution in [0.5, 0.6) is 0 Å². The molecule has 0 bridgehead atoms. The number of nitrogens with one attached hydrogen (secondary N) is 1. The fourth-order valence-electron chi connectivity index (χ4n) is 8.55. The number of aliphatic hydroxyl groups excluding tert-OH is 1. The van der Waals surface area contributed by atoms with E-state index in [0.717, 1.165) is 83.5 Å². The maximum atomic E-state index is 13.0. The first-order valence-electron chi connectivity index (χ1n) is 30.6. The number of carbonyl (C=O) groups excluding carboxylic acids is 1. The Morgan fingerprint density at radius 3 is 1.20 bits per heavy atom. The zero-order chi connectivity index (χ0) is 54.2. The van der Waals surface area contributed by atoms with Gasteiger partial charge in [-0.2, -0.15) is 0 Å². The Morgan fingerprint density at radius 2 is 0.824 bits per heavy atom. The van der Waals surface area contributed by atoms with Crippen molar-refractivity contribution in [3.8, 4) is 0 Å². The van der Waals surface area contributed by atoms with E-state index < -0.39 is 26.6 Å². The lowest BCUT2D eigenvalue weighted by molar-refractivity contribution is -0.870. The summed E-state index contributed by atoms with van der Waals surface area (Å²) in [6.07, 6.45) is 79.2. The number of carbonyl (C=O) groups is 1. The van der Waals surface area contributed by atoms with E-state index in [-0.39, 0.29) is 12.5 Å². The number of likely N-dealkylation sites (N-methyl/N-ethyl adjacent to an activating group) is 1. The Balaban J connectivity index is 4.27. The number of amides is 1. The largest absolute Gasteiger partial charge is 0.756 e. The number of phosphoric acid groups is 1. The van der Waals surface area contributed by atoms with Gasteiger partial charge in [-0.3, -0.25) is 9.36 Å². The van der Waals surface area contributed by atoms with Gasteiger partial charge in [0.1, 0.15) is 13.2 Å². The molecule has 3 unspecified atom stereocenters. The van der Waals surface area contributed by atoms with Crippen LogP contribution in [0, 0.1) is 0 Å². The van der Waals surface area contributed by atoms with Gasteiger partial charge in [0.2, 0.25) is 5.91 Å². The van der Waals surface area contributed by atoms with Crippen LogP contribution in [-0.4, -0.2) is 68.5 Å². The minimum absolute atomic E-state index is 0.0128. The Bertz CT molecular complexity index is 1520. The van der Waals surface area contributed by atoms with Gasteiger partial charge in [-0.25, -0.2) is 0 Å². The van der Waals surface area contributed by atoms with Gasteiger partial charge in [-0.15, -0.1) is 0 Å². The summed E-state index contributed by atoms with van der Waals surface area (Å²) < 4.78 is 23.4. The summed E-state index contributed by atoms with van der Waals surface area (Å²) in [5, 5.41) is 13.9. The lowest BCUT2D eigenvalue weighted by Crippen LogP contribution is -2.45. The van der Waals surface area contributed by atoms with E-state index in [1.165, 1.54) is 148 Å². The summed E-state index contributed by atoms with van der Waals surface area (Å²) in [4.78, 5) is 25.5. The molecule has 1 amide bonds. The molecular weight excluding hydrogens is 936 g/mol. The fraction of sp³-hybridized carbons (Fsp3) is 0.738. The number of aliphatic hydroxyl groups is 1. The first-order valence-corrected chi connectivity index (χ1v) is 32.1. The van der Waals surface area contributed by atoms with Crippen LogP contribution in [0.25, 0.3) is 0 Å². The Kier molecular flexibility index (Phi) is 53.3. The third kappa shape index (κ3) is 57.1. The van der Waals surface area contributed by atoms with Crippen LogP contribution >= 0.6 is 7.82 Å². The molecule has 9 heteroatoms. The van der Waals surface area contributed by atoms with E-state index in [4.69, 9.17) is 9.05 Å². The van der Waals surface area contributed by atoms with Gasteiger partial charge < -0.3 is 28.8 Å². The first kappa shape index (κ1) is 71.4. The van der Waals surface area contributed by atoms with E-state index in [0.29, 0.717) is 23.9 Å². The van der Waals surface area contributed by atoms with E-state index in [2.05, 4.69) is 104 Å². The minimum Gasteiger partial charge on any atom is -0.756 e. The standard InChI is InChI=1S/C65H117N2O6P/c1-6-8-10-12-14-16-18-20-22-24-26-28-30-32-33-35-36-38-40-42-44-46-48-50-52-54-56-58-64(68)63(62-73-74(70,71)72-61-60-67(3,4)5)66-65(69)59-57-55-53-51-49-47-45-43-41-39-37-34-31-29-27-25-23-21-19-17-15-13-11-9-7-2/h9,11,15,17,21,23,27,29,34,37,41,43,47,49,56,58,63-64,68H,6-8,10,12-14,16,18-20,22,24-26,28,30-33,35-36,38-40,42,44-46,48,50-55,57,59-62H2,1-5H3,(H-,66,69,70,71)/b11-9-,17-15-,23-21-,29-27-,37-34-,43-41-,49-47-,58-56+. The van der Waals surface area contributed by atoms with Crippen LogP contribution in [0.4, 0.5) is 0 Å². The third-order valence-corrected chi connectivity index (χ3v) is 14.3. The quantitative estimate of drug-likeness (QED) is 0.0272. The molecule has 0 aliphatic heterocycles. The molecule has 74 heavy (non-hydrogen) atoms. The SMILES string of the molecule is CC/C=C\C/C=C\C/C=C\C/C=C\C/C=C\C/C=C\C/C=C\CCCCCC(=O)NC(COP(=O)([O-])OCC[N+](C)(C)C)C(O)/C=C/CCCCCCCCCCCCCCCCCCCCCCCCCCC. The van der Waals surface area contributed by atoms with Crippen molar-refractivity contribution in [1.29, 1.82) is 0 Å². The number of quaternary nitrogens is 1. The topological polar surface area (TPSA) is 108 Å². The molecule has 0 aliphatic carbocycles. The molecule has 0 aliphatic rings. The summed E-state index contributed by atoms with van der Waals surface area (Å²) in [5.74, 6) is -0.230. The van der Waals surface area contributed by atoms with Gasteiger partial charge in [0.25, 0.3) is 7.82 Å². The van der Waals surface area contributed by atoms with Crippen molar-refractivity contribution in [3.63, 3.8) is 0 Å². The second-order valence-corrected chi connectivity index (χ2v) is 23.1. The highest BCUT2D eigenvalue weighted by atomic mass is 31.2. The van der Waals surface area contributed by atoms with Gasteiger partial charge in [-0.1, -0.05) is 272 Å². The highest BCUT2D eigenvalue weighted by Crippen LogP contribution is 2.38. The summed E-state index contributed by atoms with van der Waals surface area (Å²) in [5.41, 5.74) is 0. The highest BCUT2D eigenvalue weighted by Gasteiger charge is 2.23. The molecule has 3 atom stereocenters. The summed E-state index contributed by atoms with van der Waals surface area (Å²) >= 11 is 0. The van der Waals surface area contributed by atoms with Gasteiger partial charge >= 0.3 is 0 Å². The van der Waals surface area contributed by atoms with Crippen molar-refractivity contribution in [2.75, 3.05) is 40.9 Å². The van der Waals surface area contributed by atoms with E-state index in [1.807, 2.05) is 27.2 Å². The maximum absolute atomic E-state index is 13.0. The summed E-state index contributed by atoms with van der Waals surface area (Å²) in [7, 11) is 1.23. The smallest absolute Gasteiger partial charge is 0.268 e. The first-order chi connectivity index (χ1) is 36.0. The van der Waals surface area contributed by atoms with Crippen LogP contribution in [-0.2, 0) is 18.4 Å². The average Bonchev–Trinajstić information content (AvgIpc) is 3.36. The normalized spacial score (nSPS) is 14.5. The predicted octanol–water partition coefficient (Wildman–Crippen LogP) is 18.4. The van der Waals surface area contributed by atoms with Crippen LogP contribution in [0.15, 0.2) is 97.2 Å². The number of hydrogen-bond acceptors (Lipinski definition) is 6. The van der Waals surface area contributed by atoms with Crippen LogP contribution < -0.4 is 10.2 Å². The van der Waals surface area contributed by atoms with Gasteiger partial charge in [0.05, 0.1) is 39.9 Å². The zero-order valence-corrected chi connectivity index (χ0v) is 49.7. The van der Waals surface area contributed by atoms with E-state index >= 15 is 0 Å². The van der Waals surface area contributed by atoms with Crippen LogP contribution in [0.2, 0.25) is 0 Å². The zero-order valence-electron chi connectivity index (χ0n) is 48.8. The molecule has 0 rings (SSSR count). The molecule has 0 radical (unpaired) electrons. The number of rotatable bonds is 55. The van der Waals surface area contributed by atoms with Gasteiger partial charge in [-0.05, 0) is 77.0 Å². The fourth-order valence-corrected chi connectivity index (χ4v) is 9.27. The lowest BCUT2D eigenvalue weighted by atomic mass is 10.0. The molecule has 0 heterocycles. The Labute approximate surface area is 458 Å². The molecular formula is C65H117N2O6P. The molecule has 0 saturated heterocycles. The number of nitrogens with zero attached hydrogens (tertiary/aromatic N) is 1. The van der Waals surface area contributed by atoms with Crippen molar-refractivity contribution < 1.29 is 32.9 Å². The number of hydrogen-bond donors (Lipinski definition) is 2. The second-order valence-electron chi connectivity index (χ2n) is 21.7. The summed E-state index contributed by atoms with van der Waals surface area (Å²) in [6.45, 7) is 4.52. The number of unbranched alkanes of at least 4 members (excludes halogenated alkanes) is 28. The maximum Gasteiger partial charge on any atom is 0.268 e. The van der Waals surface area contributed by atoms with Crippen molar-refractivity contribution in [1.82, 2.24) is 5.32 Å². The number of phosphoric ester groups is 1. The van der Waals surface area contributed by atoms with E-state index in [9.17, 15) is 19.4 Å². The monoisotopic (exact) mass is 1050 g/mol. The molecule has 428 valence electrons. The van der Waals surface area contributed by atoms with Crippen molar-refractivity contribution >= 4 is 13.7 Å². The highest BCUT2D eigenvalue weighted by molar-refractivity contribution is 7.45. The van der Waals surface area contributed by atoms with E-state index in [1.54, 1.807) is 6.08 Å². The Hall–Kier alpha value is -2.58. The lowest BCUT2D eigenvalue weighted by Gasteiger charge is -2.29. The molecule has 8 nitrogen and oxygen atoms in total. The predicted molar refractivity (Wildman–Crippen MR) is 320 cm³/mol. The molecule has 0 aromatic carbocycles. The van der Waals surface area contributed by atoms with Gasteiger partial charge in [0, 0.05) is 6.42 Å². The Morgan fingerprint density at radius 1 is 0.486 bits per heavy atom. The van der Waals surface area contributed by atoms with Gasteiger partial charge in [0.15, 0.2) is 0 Å². The van der Waals surface area contributed by atoms with Crippen LogP contribution in [0.3, 0.4) is 0 Å². The minimum atomic E-state index is -4.62. The molecule has 2 N–H and O–H groups in total. The molecule has 0 fully saturated rings.